The molecule has 1 aliphatic heterocycles. The Morgan fingerprint density at radius 3 is 2.47 bits per heavy atom. The highest BCUT2D eigenvalue weighted by molar-refractivity contribution is 8.27. The Morgan fingerprint density at radius 2 is 1.78 bits per heavy atom. The zero-order chi connectivity index (χ0) is 22.8. The summed E-state index contributed by atoms with van der Waals surface area (Å²) in [6.45, 7) is 0. The van der Waals surface area contributed by atoms with E-state index in [9.17, 15) is 14.9 Å². The average molecular weight is 519 g/mol. The van der Waals surface area contributed by atoms with Crippen LogP contribution in [0.5, 0.6) is 0 Å². The zero-order valence-electron chi connectivity index (χ0n) is 16.0. The summed E-state index contributed by atoms with van der Waals surface area (Å²) in [6, 6.07) is 18.8. The van der Waals surface area contributed by atoms with Crippen molar-refractivity contribution < 1.29 is 9.72 Å². The minimum absolute atomic E-state index is 0.0553. The molecule has 0 N–H and O–H groups in total. The van der Waals surface area contributed by atoms with Crippen molar-refractivity contribution in [2.45, 2.75) is 9.79 Å². The maximum Gasteiger partial charge on any atom is 0.283 e. The van der Waals surface area contributed by atoms with Crippen LogP contribution in [0.4, 0.5) is 11.4 Å². The number of anilines is 1. The third kappa shape index (κ3) is 4.84. The van der Waals surface area contributed by atoms with Crippen molar-refractivity contribution >= 4 is 86.6 Å². The molecule has 0 atom stereocenters. The molecule has 4 rings (SSSR count). The number of nitro benzene ring substituents is 1. The van der Waals surface area contributed by atoms with Gasteiger partial charge in [-0.1, -0.05) is 77.1 Å². The first-order valence-electron chi connectivity index (χ1n) is 9.08. The van der Waals surface area contributed by atoms with Crippen LogP contribution >= 0.6 is 58.9 Å². The van der Waals surface area contributed by atoms with Crippen molar-refractivity contribution in [1.82, 2.24) is 0 Å². The summed E-state index contributed by atoms with van der Waals surface area (Å²) in [6.07, 6.45) is 1.60. The van der Waals surface area contributed by atoms with Crippen molar-refractivity contribution in [2.75, 3.05) is 4.90 Å². The highest BCUT2D eigenvalue weighted by atomic mass is 35.5. The maximum absolute atomic E-state index is 13.0. The van der Waals surface area contributed by atoms with Gasteiger partial charge in [0.15, 0.2) is 4.32 Å². The van der Waals surface area contributed by atoms with E-state index in [1.807, 2.05) is 0 Å². The summed E-state index contributed by atoms with van der Waals surface area (Å²) in [5.74, 6) is -0.324. The molecule has 1 aliphatic rings. The van der Waals surface area contributed by atoms with Gasteiger partial charge in [0, 0.05) is 16.0 Å². The van der Waals surface area contributed by atoms with Gasteiger partial charge in [0.1, 0.15) is 0 Å². The van der Waals surface area contributed by atoms with E-state index in [1.54, 1.807) is 66.7 Å². The normalized spacial score (nSPS) is 14.9. The molecule has 1 saturated heterocycles. The van der Waals surface area contributed by atoms with Crippen LogP contribution < -0.4 is 4.90 Å². The molecular weight excluding hydrogens is 507 g/mol. The molecule has 1 heterocycles. The number of hydrogen-bond donors (Lipinski definition) is 0. The van der Waals surface area contributed by atoms with E-state index < -0.39 is 4.92 Å². The molecule has 0 spiro atoms. The number of halogens is 2. The number of nitrogens with zero attached hydrogens (tertiary/aromatic N) is 2. The summed E-state index contributed by atoms with van der Waals surface area (Å²) >= 11 is 19.9. The summed E-state index contributed by atoms with van der Waals surface area (Å²) in [4.78, 5) is 27.3. The number of amides is 1. The number of thioether (sulfide) groups is 1. The fourth-order valence-corrected chi connectivity index (χ4v) is 5.47. The molecule has 32 heavy (non-hydrogen) atoms. The number of benzene rings is 3. The van der Waals surface area contributed by atoms with Crippen molar-refractivity contribution in [3.8, 4) is 0 Å². The first-order valence-corrected chi connectivity index (χ1v) is 11.9. The molecule has 160 valence electrons. The van der Waals surface area contributed by atoms with E-state index in [1.165, 1.54) is 22.7 Å². The van der Waals surface area contributed by atoms with Gasteiger partial charge in [-0.2, -0.15) is 0 Å². The summed E-state index contributed by atoms with van der Waals surface area (Å²) in [5, 5.41) is 12.7. The molecule has 3 aromatic rings. The van der Waals surface area contributed by atoms with Gasteiger partial charge in [-0.15, -0.1) is 0 Å². The zero-order valence-corrected chi connectivity index (χ0v) is 20.0. The van der Waals surface area contributed by atoms with Crippen LogP contribution in [0.15, 0.2) is 81.4 Å². The average Bonchev–Trinajstić information content (AvgIpc) is 3.04. The summed E-state index contributed by atoms with van der Waals surface area (Å²) < 4.78 is 0.346. The highest BCUT2D eigenvalue weighted by Gasteiger charge is 2.34. The minimum atomic E-state index is -0.440. The molecule has 0 radical (unpaired) electrons. The molecule has 0 unspecified atom stereocenters. The molecule has 0 saturated carbocycles. The van der Waals surface area contributed by atoms with E-state index in [0.717, 1.165) is 16.7 Å². The second kappa shape index (κ2) is 9.64. The van der Waals surface area contributed by atoms with E-state index >= 15 is 0 Å². The van der Waals surface area contributed by atoms with E-state index in [4.69, 9.17) is 35.4 Å². The van der Waals surface area contributed by atoms with Crippen LogP contribution in [0.1, 0.15) is 5.56 Å². The number of nitro groups is 1. The van der Waals surface area contributed by atoms with Crippen molar-refractivity contribution in [2.24, 2.45) is 0 Å². The number of hydrogen-bond acceptors (Lipinski definition) is 6. The third-order valence-corrected chi connectivity index (χ3v) is 7.35. The quantitative estimate of drug-likeness (QED) is 0.151. The first kappa shape index (κ1) is 22.8. The predicted octanol–water partition coefficient (Wildman–Crippen LogP) is 7.46. The van der Waals surface area contributed by atoms with Crippen LogP contribution in [-0.2, 0) is 4.79 Å². The van der Waals surface area contributed by atoms with E-state index in [-0.39, 0.29) is 11.6 Å². The Morgan fingerprint density at radius 1 is 1.06 bits per heavy atom. The first-order chi connectivity index (χ1) is 15.3. The lowest BCUT2D eigenvalue weighted by Crippen LogP contribution is -2.27. The van der Waals surface area contributed by atoms with Gasteiger partial charge >= 0.3 is 0 Å². The number of carbonyl (C=O) groups is 1. The predicted molar refractivity (Wildman–Crippen MR) is 136 cm³/mol. The van der Waals surface area contributed by atoms with Gasteiger partial charge in [0.25, 0.3) is 11.6 Å². The van der Waals surface area contributed by atoms with Gasteiger partial charge in [-0.05, 0) is 54.1 Å². The number of carbonyl (C=O) groups excluding carboxylic acids is 1. The number of para-hydroxylation sites is 1. The van der Waals surface area contributed by atoms with Crippen LogP contribution in [0, 0.1) is 10.1 Å². The van der Waals surface area contributed by atoms with Crippen LogP contribution in [0.25, 0.3) is 6.08 Å². The fourth-order valence-electron chi connectivity index (χ4n) is 2.94. The SMILES string of the molecule is O=C1/C(=C\c2ccc(Sc3ccc(Cl)cc3)c([N+](=O)[O-])c2)SC(=S)N1c1ccccc1Cl. The van der Waals surface area contributed by atoms with Gasteiger partial charge in [-0.3, -0.25) is 19.8 Å². The standard InChI is InChI=1S/C22H12Cl2N2O3S3/c23-14-6-8-15(9-7-14)31-19-10-5-13(11-18(19)26(28)29)12-20-21(27)25(22(30)32-20)17-4-2-1-3-16(17)24/h1-12H/b20-12+. The minimum Gasteiger partial charge on any atom is -0.268 e. The van der Waals surface area contributed by atoms with Crippen LogP contribution in [0.2, 0.25) is 10.0 Å². The lowest BCUT2D eigenvalue weighted by molar-refractivity contribution is -0.387. The van der Waals surface area contributed by atoms with Gasteiger partial charge < -0.3 is 0 Å². The Kier molecular flexibility index (Phi) is 6.88. The summed E-state index contributed by atoms with van der Waals surface area (Å²) in [5.41, 5.74) is 0.970. The molecule has 3 aromatic carbocycles. The van der Waals surface area contributed by atoms with Crippen LogP contribution in [0.3, 0.4) is 0 Å². The fraction of sp³-hybridized carbons (Fsp3) is 0. The van der Waals surface area contributed by atoms with Gasteiger partial charge in [-0.25, -0.2) is 0 Å². The van der Waals surface area contributed by atoms with Crippen molar-refractivity contribution in [3.05, 3.63) is 97.4 Å². The van der Waals surface area contributed by atoms with Crippen molar-refractivity contribution in [3.63, 3.8) is 0 Å². The van der Waals surface area contributed by atoms with E-state index in [0.29, 0.717) is 35.4 Å². The van der Waals surface area contributed by atoms with Gasteiger partial charge in [0.05, 0.1) is 25.4 Å². The Bertz CT molecular complexity index is 1280. The molecule has 5 nitrogen and oxygen atoms in total. The topological polar surface area (TPSA) is 63.4 Å². The number of thiocarbonyl (C=S) groups is 1. The van der Waals surface area contributed by atoms with Gasteiger partial charge in [0.2, 0.25) is 0 Å². The van der Waals surface area contributed by atoms with Crippen molar-refractivity contribution in [1.29, 1.82) is 0 Å². The maximum atomic E-state index is 13.0. The molecule has 0 aliphatic carbocycles. The second-order valence-electron chi connectivity index (χ2n) is 6.51. The second-order valence-corrected chi connectivity index (χ2v) is 10.1. The number of rotatable bonds is 5. The molecule has 1 fully saturated rings. The molecule has 0 bridgehead atoms. The van der Waals surface area contributed by atoms with E-state index in [2.05, 4.69) is 0 Å². The van der Waals surface area contributed by atoms with Crippen LogP contribution in [-0.4, -0.2) is 15.2 Å². The molecular formula is C22H12Cl2N2O3S3. The smallest absolute Gasteiger partial charge is 0.268 e. The summed E-state index contributed by atoms with van der Waals surface area (Å²) in [7, 11) is 0. The third-order valence-electron chi connectivity index (χ3n) is 4.41. The molecule has 10 heteroatoms. The lowest BCUT2D eigenvalue weighted by Gasteiger charge is -2.15. The largest absolute Gasteiger partial charge is 0.283 e. The Labute approximate surface area is 207 Å². The monoisotopic (exact) mass is 518 g/mol. The Balaban J connectivity index is 1.64. The highest BCUT2D eigenvalue weighted by Crippen LogP contribution is 2.40. The molecule has 1 amide bonds. The lowest BCUT2D eigenvalue weighted by atomic mass is 10.2. The molecule has 0 aromatic heterocycles. The Hall–Kier alpha value is -2.36.